The largest absolute Gasteiger partial charge is 0.351 e. The molecule has 0 spiro atoms. The lowest BCUT2D eigenvalue weighted by molar-refractivity contribution is 0.453. The van der Waals surface area contributed by atoms with Gasteiger partial charge in [0.05, 0.1) is 0 Å². The number of nitrogens with one attached hydrogen (secondary N) is 2. The number of nitrogens with zero attached hydrogens (tertiary/aromatic N) is 2. The normalized spacial score (nSPS) is 22.0. The Morgan fingerprint density at radius 2 is 2.00 bits per heavy atom. The summed E-state index contributed by atoms with van der Waals surface area (Å²) in [6.07, 6.45) is 6.80. The number of hydrogen-bond acceptors (Lipinski definition) is 4. The highest BCUT2D eigenvalue weighted by molar-refractivity contribution is 5.29. The highest BCUT2D eigenvalue weighted by atomic mass is 15.1. The second-order valence-corrected chi connectivity index (χ2v) is 4.75. The fourth-order valence-corrected chi connectivity index (χ4v) is 2.20. The Bertz CT molecular complexity index is 356. The minimum absolute atomic E-state index is 0.615. The van der Waals surface area contributed by atoms with Crippen LogP contribution >= 0.6 is 0 Å². The van der Waals surface area contributed by atoms with Gasteiger partial charge in [-0.1, -0.05) is 0 Å². The van der Waals surface area contributed by atoms with Gasteiger partial charge in [-0.2, -0.15) is 0 Å². The summed E-state index contributed by atoms with van der Waals surface area (Å²) >= 11 is 0. The van der Waals surface area contributed by atoms with Crippen LogP contribution in [0.5, 0.6) is 0 Å². The molecule has 2 N–H and O–H groups in total. The molecule has 0 radical (unpaired) electrons. The molecule has 3 rings (SSSR count). The first-order chi connectivity index (χ1) is 7.92. The molecule has 0 atom stereocenters. The van der Waals surface area contributed by atoms with E-state index in [4.69, 9.17) is 0 Å². The molecule has 0 aromatic carbocycles. The van der Waals surface area contributed by atoms with Crippen molar-refractivity contribution in [2.75, 3.05) is 18.4 Å². The van der Waals surface area contributed by atoms with Crippen molar-refractivity contribution >= 4 is 5.95 Å². The Balaban J connectivity index is 1.72. The summed E-state index contributed by atoms with van der Waals surface area (Å²) < 4.78 is 0. The van der Waals surface area contributed by atoms with Gasteiger partial charge in [-0.25, -0.2) is 9.97 Å². The van der Waals surface area contributed by atoms with Gasteiger partial charge >= 0.3 is 0 Å². The summed E-state index contributed by atoms with van der Waals surface area (Å²) in [6, 6.07) is 2.69. The third-order valence-electron chi connectivity index (χ3n) is 3.35. The molecule has 16 heavy (non-hydrogen) atoms. The standard InChI is InChI=1S/C12H18N4/c1-2-10(1)15-12-14-8-5-11(16-12)9-3-6-13-7-4-9/h5,8-10,13H,1-4,6-7H2,(H,14,15,16). The van der Waals surface area contributed by atoms with E-state index >= 15 is 0 Å². The Morgan fingerprint density at radius 1 is 1.19 bits per heavy atom. The van der Waals surface area contributed by atoms with Crippen molar-refractivity contribution in [3.05, 3.63) is 18.0 Å². The number of hydrogen-bond donors (Lipinski definition) is 2. The van der Waals surface area contributed by atoms with E-state index in [1.807, 2.05) is 6.20 Å². The fourth-order valence-electron chi connectivity index (χ4n) is 2.20. The molecule has 4 heteroatoms. The van der Waals surface area contributed by atoms with Gasteiger partial charge in [-0.3, -0.25) is 0 Å². The smallest absolute Gasteiger partial charge is 0.223 e. The molecule has 1 aromatic rings. The van der Waals surface area contributed by atoms with E-state index in [9.17, 15) is 0 Å². The maximum atomic E-state index is 4.63. The molecule has 2 fully saturated rings. The van der Waals surface area contributed by atoms with Crippen LogP contribution in [0.1, 0.15) is 37.3 Å². The van der Waals surface area contributed by atoms with Gasteiger partial charge in [0.15, 0.2) is 0 Å². The van der Waals surface area contributed by atoms with Gasteiger partial charge in [0.2, 0.25) is 5.95 Å². The van der Waals surface area contributed by atoms with Crippen LogP contribution < -0.4 is 10.6 Å². The zero-order valence-electron chi connectivity index (χ0n) is 9.45. The third kappa shape index (κ3) is 2.32. The Kier molecular flexibility index (Phi) is 2.74. The first-order valence-electron chi connectivity index (χ1n) is 6.22. The van der Waals surface area contributed by atoms with Crippen molar-refractivity contribution in [3.8, 4) is 0 Å². The molecule has 0 amide bonds. The van der Waals surface area contributed by atoms with Crippen molar-refractivity contribution in [1.82, 2.24) is 15.3 Å². The summed E-state index contributed by atoms with van der Waals surface area (Å²) in [5, 5.41) is 6.74. The van der Waals surface area contributed by atoms with E-state index in [0.29, 0.717) is 12.0 Å². The first kappa shape index (κ1) is 10.0. The van der Waals surface area contributed by atoms with E-state index in [1.165, 1.54) is 31.4 Å². The molecule has 1 aliphatic carbocycles. The van der Waals surface area contributed by atoms with Crippen LogP contribution in [0.25, 0.3) is 0 Å². The molecule has 1 saturated carbocycles. The second kappa shape index (κ2) is 4.37. The Labute approximate surface area is 95.9 Å². The van der Waals surface area contributed by atoms with Gasteiger partial charge in [0.25, 0.3) is 0 Å². The topological polar surface area (TPSA) is 49.8 Å². The van der Waals surface area contributed by atoms with Gasteiger partial charge < -0.3 is 10.6 Å². The zero-order valence-corrected chi connectivity index (χ0v) is 9.45. The van der Waals surface area contributed by atoms with E-state index in [0.717, 1.165) is 19.0 Å². The van der Waals surface area contributed by atoms with E-state index in [-0.39, 0.29) is 0 Å². The minimum atomic E-state index is 0.615. The molecule has 2 heterocycles. The molecular weight excluding hydrogens is 200 g/mol. The highest BCUT2D eigenvalue weighted by Crippen LogP contribution is 2.26. The monoisotopic (exact) mass is 218 g/mol. The number of rotatable bonds is 3. The second-order valence-electron chi connectivity index (χ2n) is 4.75. The summed E-state index contributed by atoms with van der Waals surface area (Å²) in [4.78, 5) is 8.90. The van der Waals surface area contributed by atoms with Crippen molar-refractivity contribution in [1.29, 1.82) is 0 Å². The maximum absolute atomic E-state index is 4.63. The molecule has 1 aliphatic heterocycles. The predicted molar refractivity (Wildman–Crippen MR) is 63.5 cm³/mol. The lowest BCUT2D eigenvalue weighted by atomic mass is 9.94. The summed E-state index contributed by atoms with van der Waals surface area (Å²) in [5.41, 5.74) is 1.21. The summed E-state index contributed by atoms with van der Waals surface area (Å²) in [5.74, 6) is 1.43. The van der Waals surface area contributed by atoms with E-state index in [2.05, 4.69) is 26.7 Å². The van der Waals surface area contributed by atoms with E-state index < -0.39 is 0 Å². The third-order valence-corrected chi connectivity index (χ3v) is 3.35. The Morgan fingerprint density at radius 3 is 2.75 bits per heavy atom. The molecule has 0 bridgehead atoms. The first-order valence-corrected chi connectivity index (χ1v) is 6.22. The lowest BCUT2D eigenvalue weighted by Crippen LogP contribution is -2.27. The van der Waals surface area contributed by atoms with Crippen LogP contribution in [0, 0.1) is 0 Å². The van der Waals surface area contributed by atoms with Crippen LogP contribution in [0.15, 0.2) is 12.3 Å². The van der Waals surface area contributed by atoms with E-state index in [1.54, 1.807) is 0 Å². The van der Waals surface area contributed by atoms with Gasteiger partial charge in [0, 0.05) is 23.9 Å². The quantitative estimate of drug-likeness (QED) is 0.807. The van der Waals surface area contributed by atoms with Crippen LogP contribution in [-0.4, -0.2) is 29.1 Å². The van der Waals surface area contributed by atoms with Crippen molar-refractivity contribution < 1.29 is 0 Å². The molecule has 0 unspecified atom stereocenters. The molecule has 86 valence electrons. The molecular formula is C12H18N4. The van der Waals surface area contributed by atoms with Gasteiger partial charge in [-0.15, -0.1) is 0 Å². The lowest BCUT2D eigenvalue weighted by Gasteiger charge is -2.22. The van der Waals surface area contributed by atoms with Crippen LogP contribution in [0.2, 0.25) is 0 Å². The average Bonchev–Trinajstić information content (AvgIpc) is 3.15. The van der Waals surface area contributed by atoms with Crippen molar-refractivity contribution in [3.63, 3.8) is 0 Å². The van der Waals surface area contributed by atoms with Crippen molar-refractivity contribution in [2.24, 2.45) is 0 Å². The number of aromatic nitrogens is 2. The SMILES string of the molecule is c1cc(C2CCNCC2)nc(NC2CC2)n1. The number of piperidine rings is 1. The maximum Gasteiger partial charge on any atom is 0.223 e. The summed E-state index contributed by atoms with van der Waals surface area (Å²) in [7, 11) is 0. The highest BCUT2D eigenvalue weighted by Gasteiger charge is 2.22. The van der Waals surface area contributed by atoms with Crippen LogP contribution in [-0.2, 0) is 0 Å². The molecule has 1 aromatic heterocycles. The predicted octanol–water partition coefficient (Wildman–Crippen LogP) is 1.52. The molecule has 2 aliphatic rings. The fraction of sp³-hybridized carbons (Fsp3) is 0.667. The van der Waals surface area contributed by atoms with Crippen LogP contribution in [0.4, 0.5) is 5.95 Å². The van der Waals surface area contributed by atoms with Crippen molar-refractivity contribution in [2.45, 2.75) is 37.6 Å². The summed E-state index contributed by atoms with van der Waals surface area (Å²) in [6.45, 7) is 2.22. The molecule has 4 nitrogen and oxygen atoms in total. The minimum Gasteiger partial charge on any atom is -0.351 e. The van der Waals surface area contributed by atoms with Crippen LogP contribution in [0.3, 0.4) is 0 Å². The Hall–Kier alpha value is -1.16. The number of anilines is 1. The molecule has 1 saturated heterocycles. The van der Waals surface area contributed by atoms with Gasteiger partial charge in [0.1, 0.15) is 0 Å². The van der Waals surface area contributed by atoms with Gasteiger partial charge in [-0.05, 0) is 44.8 Å². The zero-order chi connectivity index (χ0) is 10.8. The average molecular weight is 218 g/mol.